The molecule has 0 atom stereocenters. The van der Waals surface area contributed by atoms with Gasteiger partial charge in [0, 0.05) is 12.1 Å². The van der Waals surface area contributed by atoms with Crippen LogP contribution in [0.1, 0.15) is 22.8 Å². The minimum atomic E-state index is -0.105. The van der Waals surface area contributed by atoms with Crippen LogP contribution in [0.25, 0.3) is 10.9 Å². The Bertz CT molecular complexity index is 1100. The number of imidazole rings is 1. The number of para-hydroxylation sites is 1. The molecular weight excluding hydrogens is 344 g/mol. The monoisotopic (exact) mass is 362 g/mol. The van der Waals surface area contributed by atoms with Crippen LogP contribution in [0.4, 0.5) is 0 Å². The molecule has 0 saturated heterocycles. The van der Waals surface area contributed by atoms with Crippen LogP contribution in [0.3, 0.4) is 0 Å². The fourth-order valence-electron chi connectivity index (χ4n) is 2.84. The third kappa shape index (κ3) is 3.55. The van der Waals surface area contributed by atoms with E-state index in [0.717, 1.165) is 23.0 Å². The summed E-state index contributed by atoms with van der Waals surface area (Å²) in [6, 6.07) is 17.7. The Morgan fingerprint density at radius 1 is 0.962 bits per heavy atom. The summed E-state index contributed by atoms with van der Waals surface area (Å²) in [5.74, 6) is 1.20. The molecule has 0 unspecified atom stereocenters. The molecule has 0 bridgehead atoms. The van der Waals surface area contributed by atoms with Crippen molar-refractivity contribution in [2.45, 2.75) is 24.3 Å². The maximum Gasteiger partial charge on any atom is 0.258 e. The number of aromatic amines is 2. The summed E-state index contributed by atoms with van der Waals surface area (Å²) in [7, 11) is 0. The molecule has 26 heavy (non-hydrogen) atoms. The molecule has 2 aromatic heterocycles. The van der Waals surface area contributed by atoms with E-state index in [0.29, 0.717) is 22.5 Å². The summed E-state index contributed by atoms with van der Waals surface area (Å²) in [5.41, 5.74) is 3.95. The molecule has 130 valence electrons. The Balaban J connectivity index is 1.50. The number of nitrogens with zero attached hydrogens (tertiary/aromatic N) is 2. The fourth-order valence-corrected chi connectivity index (χ4v) is 3.65. The van der Waals surface area contributed by atoms with Gasteiger partial charge in [-0.2, -0.15) is 0 Å². The zero-order chi connectivity index (χ0) is 17.9. The average Bonchev–Trinajstić information content (AvgIpc) is 3.00. The van der Waals surface area contributed by atoms with E-state index >= 15 is 0 Å². The number of thioether (sulfide) groups is 1. The van der Waals surface area contributed by atoms with Gasteiger partial charge in [-0.15, -0.1) is 0 Å². The molecule has 0 aliphatic carbocycles. The van der Waals surface area contributed by atoms with Gasteiger partial charge in [-0.25, -0.2) is 9.97 Å². The van der Waals surface area contributed by atoms with Crippen molar-refractivity contribution in [3.05, 3.63) is 87.7 Å². The van der Waals surface area contributed by atoms with E-state index in [1.807, 2.05) is 43.3 Å². The van der Waals surface area contributed by atoms with Gasteiger partial charge in [0.25, 0.3) is 5.56 Å². The van der Waals surface area contributed by atoms with E-state index in [4.69, 9.17) is 4.98 Å². The van der Waals surface area contributed by atoms with Gasteiger partial charge in [0.05, 0.1) is 22.3 Å². The minimum absolute atomic E-state index is 0.105. The standard InChI is InChI=1S/C20H18N4OS/c1-13-17(11-14-7-3-2-4-8-14)23-20(21-13)26-12-18-22-16-10-6-5-9-15(16)19(25)24-18/h2-10H,11-12H2,1H3,(H,21,23)(H,22,24,25). The Labute approximate surface area is 154 Å². The van der Waals surface area contributed by atoms with Gasteiger partial charge in [-0.05, 0) is 24.6 Å². The molecule has 0 amide bonds. The van der Waals surface area contributed by atoms with E-state index in [1.54, 1.807) is 6.07 Å². The summed E-state index contributed by atoms with van der Waals surface area (Å²) in [5, 5.41) is 1.45. The van der Waals surface area contributed by atoms with Gasteiger partial charge in [0.2, 0.25) is 0 Å². The van der Waals surface area contributed by atoms with Crippen molar-refractivity contribution < 1.29 is 0 Å². The number of nitrogens with one attached hydrogen (secondary N) is 2. The van der Waals surface area contributed by atoms with Crippen LogP contribution in [-0.2, 0) is 12.2 Å². The summed E-state index contributed by atoms with van der Waals surface area (Å²) >= 11 is 1.54. The first kappa shape index (κ1) is 16.6. The second-order valence-electron chi connectivity index (χ2n) is 6.09. The zero-order valence-corrected chi connectivity index (χ0v) is 15.1. The highest BCUT2D eigenvalue weighted by Gasteiger charge is 2.10. The predicted octanol–water partition coefficient (Wildman–Crippen LogP) is 3.84. The Morgan fingerprint density at radius 2 is 1.73 bits per heavy atom. The van der Waals surface area contributed by atoms with E-state index in [-0.39, 0.29) is 5.56 Å². The maximum absolute atomic E-state index is 12.1. The second kappa shape index (κ2) is 7.17. The molecule has 0 aliphatic heterocycles. The van der Waals surface area contributed by atoms with Crippen LogP contribution >= 0.6 is 11.8 Å². The number of hydrogen-bond acceptors (Lipinski definition) is 4. The maximum atomic E-state index is 12.1. The third-order valence-corrected chi connectivity index (χ3v) is 5.07. The number of benzene rings is 2. The first-order valence-corrected chi connectivity index (χ1v) is 9.38. The van der Waals surface area contributed by atoms with Crippen molar-refractivity contribution in [2.75, 3.05) is 0 Å². The molecule has 6 heteroatoms. The van der Waals surface area contributed by atoms with Gasteiger partial charge >= 0.3 is 0 Å². The average molecular weight is 362 g/mol. The fraction of sp³-hybridized carbons (Fsp3) is 0.150. The zero-order valence-electron chi connectivity index (χ0n) is 14.3. The lowest BCUT2D eigenvalue weighted by molar-refractivity contribution is 0.995. The summed E-state index contributed by atoms with van der Waals surface area (Å²) in [4.78, 5) is 27.5. The van der Waals surface area contributed by atoms with Crippen molar-refractivity contribution in [1.29, 1.82) is 0 Å². The van der Waals surface area contributed by atoms with Gasteiger partial charge in [0.15, 0.2) is 5.16 Å². The molecule has 2 N–H and O–H groups in total. The summed E-state index contributed by atoms with van der Waals surface area (Å²) in [6.07, 6.45) is 0.800. The highest BCUT2D eigenvalue weighted by Crippen LogP contribution is 2.21. The molecule has 0 saturated carbocycles. The van der Waals surface area contributed by atoms with Gasteiger partial charge in [-0.3, -0.25) is 4.79 Å². The van der Waals surface area contributed by atoms with Crippen molar-refractivity contribution in [2.24, 2.45) is 0 Å². The van der Waals surface area contributed by atoms with Crippen molar-refractivity contribution in [3.63, 3.8) is 0 Å². The lowest BCUT2D eigenvalue weighted by atomic mass is 10.1. The second-order valence-corrected chi connectivity index (χ2v) is 7.06. The Morgan fingerprint density at radius 3 is 2.58 bits per heavy atom. The van der Waals surface area contributed by atoms with Crippen molar-refractivity contribution >= 4 is 22.7 Å². The molecular formula is C20H18N4OS. The summed E-state index contributed by atoms with van der Waals surface area (Å²) < 4.78 is 0. The quantitative estimate of drug-likeness (QED) is 0.529. The lowest BCUT2D eigenvalue weighted by Crippen LogP contribution is -2.11. The van der Waals surface area contributed by atoms with Crippen LogP contribution in [-0.4, -0.2) is 19.9 Å². The number of hydrogen-bond donors (Lipinski definition) is 2. The number of H-pyrrole nitrogens is 2. The molecule has 4 aromatic rings. The Kier molecular flexibility index (Phi) is 4.58. The van der Waals surface area contributed by atoms with E-state index < -0.39 is 0 Å². The first-order valence-electron chi connectivity index (χ1n) is 8.39. The Hall–Kier alpha value is -2.86. The molecule has 0 spiro atoms. The van der Waals surface area contributed by atoms with Gasteiger partial charge < -0.3 is 9.97 Å². The van der Waals surface area contributed by atoms with Crippen LogP contribution in [0, 0.1) is 6.92 Å². The molecule has 0 aliphatic rings. The van der Waals surface area contributed by atoms with E-state index in [1.165, 1.54) is 17.3 Å². The van der Waals surface area contributed by atoms with Crippen LogP contribution in [0.5, 0.6) is 0 Å². The van der Waals surface area contributed by atoms with Crippen molar-refractivity contribution in [3.8, 4) is 0 Å². The topological polar surface area (TPSA) is 74.4 Å². The molecule has 0 radical (unpaired) electrons. The number of aryl methyl sites for hydroxylation is 1. The van der Waals surface area contributed by atoms with Crippen molar-refractivity contribution in [1.82, 2.24) is 19.9 Å². The highest BCUT2D eigenvalue weighted by molar-refractivity contribution is 7.98. The molecule has 5 nitrogen and oxygen atoms in total. The third-order valence-electron chi connectivity index (χ3n) is 4.19. The normalized spacial score (nSPS) is 11.1. The smallest absolute Gasteiger partial charge is 0.258 e. The van der Waals surface area contributed by atoms with Crippen LogP contribution in [0.2, 0.25) is 0 Å². The number of fused-ring (bicyclic) bond motifs is 1. The number of aromatic nitrogens is 4. The largest absolute Gasteiger partial charge is 0.337 e. The number of rotatable bonds is 5. The van der Waals surface area contributed by atoms with Gasteiger partial charge in [0.1, 0.15) is 5.82 Å². The van der Waals surface area contributed by atoms with Gasteiger partial charge in [-0.1, -0.05) is 54.2 Å². The molecule has 0 fully saturated rings. The SMILES string of the molecule is Cc1[nH]c(SCc2nc3ccccc3c(=O)[nH]2)nc1Cc1ccccc1. The van der Waals surface area contributed by atoms with E-state index in [2.05, 4.69) is 27.1 Å². The van der Waals surface area contributed by atoms with Crippen LogP contribution < -0.4 is 5.56 Å². The highest BCUT2D eigenvalue weighted by atomic mass is 32.2. The molecule has 2 aromatic carbocycles. The summed E-state index contributed by atoms with van der Waals surface area (Å²) in [6.45, 7) is 2.03. The van der Waals surface area contributed by atoms with E-state index in [9.17, 15) is 4.79 Å². The predicted molar refractivity (Wildman–Crippen MR) is 104 cm³/mol. The molecule has 2 heterocycles. The first-order chi connectivity index (χ1) is 12.7. The molecule has 4 rings (SSSR count). The van der Waals surface area contributed by atoms with Crippen LogP contribution in [0.15, 0.2) is 64.5 Å². The lowest BCUT2D eigenvalue weighted by Gasteiger charge is -2.01. The minimum Gasteiger partial charge on any atom is -0.337 e.